The molecule has 7 heteroatoms. The third-order valence-corrected chi connectivity index (χ3v) is 5.65. The van der Waals surface area contributed by atoms with Gasteiger partial charge >= 0.3 is 0 Å². The molecule has 2 amide bonds. The number of rotatable bonds is 7. The van der Waals surface area contributed by atoms with Crippen LogP contribution in [0.4, 0.5) is 5.69 Å². The summed E-state index contributed by atoms with van der Waals surface area (Å²) in [4.78, 5) is 28.3. The minimum absolute atomic E-state index is 0.212. The fraction of sp³-hybridized carbons (Fsp3) is 0.238. The normalized spacial score (nSPS) is 14.9. The van der Waals surface area contributed by atoms with E-state index >= 15 is 0 Å². The zero-order chi connectivity index (χ0) is 19.9. The number of methoxy groups -OCH3 is 1. The van der Waals surface area contributed by atoms with Crippen LogP contribution < -0.4 is 10.2 Å². The summed E-state index contributed by atoms with van der Waals surface area (Å²) in [5.41, 5.74) is 1.66. The second-order valence-corrected chi connectivity index (χ2v) is 7.69. The van der Waals surface area contributed by atoms with Crippen molar-refractivity contribution >= 4 is 40.9 Å². The number of fused-ring (bicyclic) bond motifs is 1. The van der Waals surface area contributed by atoms with Crippen molar-refractivity contribution in [2.75, 3.05) is 25.2 Å². The Morgan fingerprint density at radius 3 is 2.75 bits per heavy atom. The van der Waals surface area contributed by atoms with E-state index in [1.165, 1.54) is 17.8 Å². The molecule has 2 aromatic rings. The van der Waals surface area contributed by atoms with E-state index in [1.807, 2.05) is 42.5 Å². The first-order chi connectivity index (χ1) is 13.6. The number of hydrogen-bond donors (Lipinski definition) is 1. The van der Waals surface area contributed by atoms with Crippen LogP contribution >= 0.6 is 23.4 Å². The highest BCUT2D eigenvalue weighted by Gasteiger charge is 2.30. The van der Waals surface area contributed by atoms with Crippen LogP contribution in [0.1, 0.15) is 12.0 Å². The second kappa shape index (κ2) is 9.78. The number of halogens is 1. The lowest BCUT2D eigenvalue weighted by Gasteiger charge is -2.30. The lowest BCUT2D eigenvalue weighted by Crippen LogP contribution is -2.34. The standard InChI is InChI=1S/C21H21ClN2O3S/c1-27-12-6-11-23-20(25)13-19-21(26)24(14-15-7-2-3-8-16(15)22)17-9-4-5-10-18(17)28-19/h2-5,7-10,13H,6,11-12,14H2,1H3,(H,23,25). The summed E-state index contributed by atoms with van der Waals surface area (Å²) in [6.45, 7) is 1.40. The number of nitrogens with zero attached hydrogens (tertiary/aromatic N) is 1. The molecule has 0 aromatic heterocycles. The first kappa shape index (κ1) is 20.5. The molecule has 1 aliphatic heterocycles. The van der Waals surface area contributed by atoms with Crippen molar-refractivity contribution < 1.29 is 14.3 Å². The first-order valence-electron chi connectivity index (χ1n) is 8.91. The number of anilines is 1. The van der Waals surface area contributed by atoms with Crippen molar-refractivity contribution in [1.29, 1.82) is 0 Å². The zero-order valence-corrected chi connectivity index (χ0v) is 17.1. The predicted molar refractivity (Wildman–Crippen MR) is 113 cm³/mol. The summed E-state index contributed by atoms with van der Waals surface area (Å²) in [6, 6.07) is 15.1. The van der Waals surface area contributed by atoms with Crippen LogP contribution in [0.2, 0.25) is 5.02 Å². The van der Waals surface area contributed by atoms with Gasteiger partial charge in [0.1, 0.15) is 0 Å². The van der Waals surface area contributed by atoms with Gasteiger partial charge in [-0.2, -0.15) is 0 Å². The third kappa shape index (κ3) is 4.95. The van der Waals surface area contributed by atoms with Gasteiger partial charge < -0.3 is 15.0 Å². The molecule has 0 saturated carbocycles. The van der Waals surface area contributed by atoms with Crippen LogP contribution in [0.5, 0.6) is 0 Å². The fourth-order valence-corrected chi connectivity index (χ4v) is 4.04. The molecule has 3 rings (SSSR count). The van der Waals surface area contributed by atoms with E-state index in [0.717, 1.165) is 16.1 Å². The van der Waals surface area contributed by atoms with Crippen molar-refractivity contribution in [2.45, 2.75) is 17.9 Å². The molecular formula is C21H21ClN2O3S. The van der Waals surface area contributed by atoms with Crippen LogP contribution in [0.15, 0.2) is 64.4 Å². The Morgan fingerprint density at radius 2 is 1.96 bits per heavy atom. The molecule has 0 aliphatic carbocycles. The molecule has 0 atom stereocenters. The predicted octanol–water partition coefficient (Wildman–Crippen LogP) is 4.02. The maximum absolute atomic E-state index is 13.1. The van der Waals surface area contributed by atoms with E-state index in [4.69, 9.17) is 16.3 Å². The van der Waals surface area contributed by atoms with Crippen LogP contribution in [-0.2, 0) is 20.9 Å². The number of carbonyl (C=O) groups excluding carboxylic acids is 2. The summed E-state index contributed by atoms with van der Waals surface area (Å²) in [5.74, 6) is -0.500. The van der Waals surface area contributed by atoms with E-state index < -0.39 is 0 Å². The average Bonchev–Trinajstić information content (AvgIpc) is 2.70. The van der Waals surface area contributed by atoms with Gasteiger partial charge in [-0.05, 0) is 30.2 Å². The lowest BCUT2D eigenvalue weighted by molar-refractivity contribution is -0.118. The van der Waals surface area contributed by atoms with E-state index in [2.05, 4.69) is 5.32 Å². The molecule has 146 valence electrons. The Balaban J connectivity index is 1.83. The van der Waals surface area contributed by atoms with Gasteiger partial charge in [-0.1, -0.05) is 53.7 Å². The molecule has 1 N–H and O–H groups in total. The van der Waals surface area contributed by atoms with Gasteiger partial charge in [-0.3, -0.25) is 9.59 Å². The topological polar surface area (TPSA) is 58.6 Å². The van der Waals surface area contributed by atoms with E-state index in [-0.39, 0.29) is 11.8 Å². The van der Waals surface area contributed by atoms with E-state index in [9.17, 15) is 9.59 Å². The van der Waals surface area contributed by atoms with Gasteiger partial charge in [0.05, 0.1) is 17.1 Å². The quantitative estimate of drug-likeness (QED) is 0.547. The van der Waals surface area contributed by atoms with Crippen molar-refractivity contribution in [3.63, 3.8) is 0 Å². The molecule has 28 heavy (non-hydrogen) atoms. The summed E-state index contributed by atoms with van der Waals surface area (Å²) in [5, 5.41) is 3.39. The fourth-order valence-electron chi connectivity index (χ4n) is 2.81. The molecule has 0 fully saturated rings. The number of nitrogens with one attached hydrogen (secondary N) is 1. The van der Waals surface area contributed by atoms with Crippen molar-refractivity contribution in [3.05, 3.63) is 70.1 Å². The highest BCUT2D eigenvalue weighted by atomic mass is 35.5. The number of hydrogen-bond acceptors (Lipinski definition) is 4. The molecule has 0 bridgehead atoms. The van der Waals surface area contributed by atoms with E-state index in [0.29, 0.717) is 36.0 Å². The zero-order valence-electron chi connectivity index (χ0n) is 15.5. The van der Waals surface area contributed by atoms with Gasteiger partial charge in [0.15, 0.2) is 0 Å². The molecular weight excluding hydrogens is 396 g/mol. The van der Waals surface area contributed by atoms with Crippen LogP contribution in [-0.4, -0.2) is 32.1 Å². The molecule has 2 aromatic carbocycles. The van der Waals surface area contributed by atoms with Gasteiger partial charge in [-0.25, -0.2) is 0 Å². The van der Waals surface area contributed by atoms with Crippen molar-refractivity contribution in [2.24, 2.45) is 0 Å². The average molecular weight is 417 g/mol. The number of ether oxygens (including phenoxy) is 1. The van der Waals surface area contributed by atoms with E-state index in [1.54, 1.807) is 18.1 Å². The van der Waals surface area contributed by atoms with Crippen molar-refractivity contribution in [1.82, 2.24) is 5.32 Å². The SMILES string of the molecule is COCCCNC(=O)C=C1Sc2ccccc2N(Cc2ccccc2Cl)C1=O. The third-order valence-electron chi connectivity index (χ3n) is 4.20. The Kier molecular flexibility index (Phi) is 7.14. The number of benzene rings is 2. The Bertz CT molecular complexity index is 901. The summed E-state index contributed by atoms with van der Waals surface area (Å²) < 4.78 is 4.97. The van der Waals surface area contributed by atoms with Gasteiger partial charge in [0.25, 0.3) is 5.91 Å². The van der Waals surface area contributed by atoms with Gasteiger partial charge in [-0.15, -0.1) is 0 Å². The molecule has 0 unspecified atom stereocenters. The Hall–Kier alpha value is -2.28. The maximum Gasteiger partial charge on any atom is 0.265 e. The minimum atomic E-state index is -0.288. The summed E-state index contributed by atoms with van der Waals surface area (Å²) >= 11 is 7.60. The van der Waals surface area contributed by atoms with Crippen LogP contribution in [0.3, 0.4) is 0 Å². The smallest absolute Gasteiger partial charge is 0.265 e. The highest BCUT2D eigenvalue weighted by molar-refractivity contribution is 8.04. The molecule has 0 saturated heterocycles. The number of carbonyl (C=O) groups is 2. The maximum atomic E-state index is 13.1. The van der Waals surface area contributed by atoms with Crippen LogP contribution in [0.25, 0.3) is 0 Å². The number of amides is 2. The summed E-state index contributed by atoms with van der Waals surface area (Å²) in [6.07, 6.45) is 2.09. The molecule has 0 spiro atoms. The second-order valence-electron chi connectivity index (χ2n) is 6.20. The molecule has 0 radical (unpaired) electrons. The Morgan fingerprint density at radius 1 is 1.21 bits per heavy atom. The van der Waals surface area contributed by atoms with Gasteiger partial charge in [0.2, 0.25) is 5.91 Å². The van der Waals surface area contributed by atoms with Crippen molar-refractivity contribution in [3.8, 4) is 0 Å². The number of thioether (sulfide) groups is 1. The number of para-hydroxylation sites is 1. The first-order valence-corrected chi connectivity index (χ1v) is 10.1. The molecule has 5 nitrogen and oxygen atoms in total. The lowest BCUT2D eigenvalue weighted by atomic mass is 10.1. The summed E-state index contributed by atoms with van der Waals surface area (Å²) in [7, 11) is 1.62. The highest BCUT2D eigenvalue weighted by Crippen LogP contribution is 2.42. The largest absolute Gasteiger partial charge is 0.385 e. The molecule has 1 aliphatic rings. The Labute approximate surface area is 173 Å². The van der Waals surface area contributed by atoms with Crippen LogP contribution in [0, 0.1) is 0 Å². The van der Waals surface area contributed by atoms with Gasteiger partial charge in [0, 0.05) is 36.3 Å². The molecule has 1 heterocycles. The minimum Gasteiger partial charge on any atom is -0.385 e. The monoisotopic (exact) mass is 416 g/mol.